The Kier molecular flexibility index (Phi) is 3.99. The number of phosphoric ester groups is 1. The minimum Gasteiger partial charge on any atom is -0.395 e. The van der Waals surface area contributed by atoms with E-state index in [2.05, 4.69) is 13.8 Å². The molecule has 2 aromatic rings. The zero-order valence-corrected chi connectivity index (χ0v) is 15.0. The van der Waals surface area contributed by atoms with Crippen LogP contribution in [0.25, 0.3) is 0 Å². The molecule has 0 fully saturated rings. The van der Waals surface area contributed by atoms with Gasteiger partial charge in [0.05, 0.1) is 0 Å². The Morgan fingerprint density at radius 1 is 0.826 bits per heavy atom. The van der Waals surface area contributed by atoms with Gasteiger partial charge in [0.15, 0.2) is 0 Å². The molecule has 1 heterocycles. The first-order valence-electron chi connectivity index (χ1n) is 7.56. The van der Waals surface area contributed by atoms with Crippen molar-refractivity contribution in [2.45, 2.75) is 34.1 Å². The highest BCUT2D eigenvalue weighted by atomic mass is 31.2. The number of fused-ring (bicyclic) bond motifs is 4. The Bertz CT molecular complexity index is 763. The van der Waals surface area contributed by atoms with Crippen LogP contribution >= 0.6 is 7.82 Å². The van der Waals surface area contributed by atoms with Crippen molar-refractivity contribution in [3.63, 3.8) is 0 Å². The van der Waals surface area contributed by atoms with Gasteiger partial charge < -0.3 is 9.05 Å². The molecule has 0 radical (unpaired) electrons. The van der Waals surface area contributed by atoms with E-state index in [-0.39, 0.29) is 0 Å². The maximum absolute atomic E-state index is 12.9. The zero-order valence-electron chi connectivity index (χ0n) is 14.1. The Morgan fingerprint density at radius 3 is 1.65 bits per heavy atom. The van der Waals surface area contributed by atoms with Gasteiger partial charge in [-0.2, -0.15) is 0 Å². The summed E-state index contributed by atoms with van der Waals surface area (Å²) in [6.45, 7) is 8.00. The van der Waals surface area contributed by atoms with E-state index in [4.69, 9.17) is 13.6 Å². The number of aryl methyl sites for hydroxylation is 4. The average Bonchev–Trinajstić information content (AvgIpc) is 2.48. The molecule has 1 aliphatic rings. The van der Waals surface area contributed by atoms with Crippen molar-refractivity contribution in [2.75, 3.05) is 7.11 Å². The van der Waals surface area contributed by atoms with Crippen molar-refractivity contribution in [1.29, 1.82) is 0 Å². The summed E-state index contributed by atoms with van der Waals surface area (Å²) in [5, 5.41) is 0. The van der Waals surface area contributed by atoms with Gasteiger partial charge in [-0.3, -0.25) is 4.52 Å². The first kappa shape index (κ1) is 16.1. The molecule has 2 aromatic carbocycles. The molecule has 0 aliphatic carbocycles. The lowest BCUT2D eigenvalue weighted by Crippen LogP contribution is -2.08. The van der Waals surface area contributed by atoms with Crippen LogP contribution in [0.5, 0.6) is 11.5 Å². The van der Waals surface area contributed by atoms with Gasteiger partial charge in [-0.15, -0.1) is 0 Å². The molecule has 23 heavy (non-hydrogen) atoms. The fourth-order valence-electron chi connectivity index (χ4n) is 2.87. The standard InChI is InChI=1S/C18H21O4P/c1-11-6-13(3)17-9-15(11)8-16-10-18(14(4)7-12(16)2)22-23(19,20-5)21-17/h6-7,9-10H,8H2,1-5H3. The van der Waals surface area contributed by atoms with Crippen LogP contribution in [0.3, 0.4) is 0 Å². The maximum atomic E-state index is 12.9. The predicted molar refractivity (Wildman–Crippen MR) is 90.5 cm³/mol. The summed E-state index contributed by atoms with van der Waals surface area (Å²) < 4.78 is 29.2. The van der Waals surface area contributed by atoms with Gasteiger partial charge in [-0.05, 0) is 79.6 Å². The molecule has 1 aliphatic heterocycles. The molecule has 0 saturated heterocycles. The Hall–Kier alpha value is -1.77. The highest BCUT2D eigenvalue weighted by molar-refractivity contribution is 7.49. The summed E-state index contributed by atoms with van der Waals surface area (Å²) in [6, 6.07) is 7.95. The summed E-state index contributed by atoms with van der Waals surface area (Å²) in [6.07, 6.45) is 0.780. The van der Waals surface area contributed by atoms with Crippen LogP contribution in [0.1, 0.15) is 33.4 Å². The monoisotopic (exact) mass is 332 g/mol. The van der Waals surface area contributed by atoms with Crippen molar-refractivity contribution in [3.05, 3.63) is 57.6 Å². The molecule has 5 heteroatoms. The van der Waals surface area contributed by atoms with Crippen LogP contribution in [0, 0.1) is 27.7 Å². The lowest BCUT2D eigenvalue weighted by molar-refractivity contribution is 0.248. The van der Waals surface area contributed by atoms with E-state index >= 15 is 0 Å². The zero-order chi connectivity index (χ0) is 16.8. The van der Waals surface area contributed by atoms with Crippen LogP contribution in [0.4, 0.5) is 0 Å². The van der Waals surface area contributed by atoms with Crippen molar-refractivity contribution >= 4 is 7.82 Å². The lowest BCUT2D eigenvalue weighted by Gasteiger charge is -2.23. The van der Waals surface area contributed by atoms with E-state index in [9.17, 15) is 4.57 Å². The molecular formula is C18H21O4P. The SMILES string of the molecule is COP1(=O)Oc2cc(c(C)cc2C)Cc2cc(c(C)cc2C)O1. The minimum atomic E-state index is -3.72. The van der Waals surface area contributed by atoms with Gasteiger partial charge in [0.1, 0.15) is 11.5 Å². The second kappa shape index (κ2) is 5.70. The van der Waals surface area contributed by atoms with Crippen LogP contribution in [-0.4, -0.2) is 7.11 Å². The first-order chi connectivity index (χ1) is 10.8. The number of phosphoric acid groups is 1. The highest BCUT2D eigenvalue weighted by Gasteiger charge is 2.31. The molecular weight excluding hydrogens is 311 g/mol. The largest absolute Gasteiger partial charge is 0.587 e. The van der Waals surface area contributed by atoms with E-state index in [0.717, 1.165) is 28.7 Å². The fourth-order valence-corrected chi connectivity index (χ4v) is 3.93. The quantitative estimate of drug-likeness (QED) is 0.687. The molecule has 0 saturated carbocycles. The molecule has 0 N–H and O–H groups in total. The van der Waals surface area contributed by atoms with Gasteiger partial charge in [0.2, 0.25) is 0 Å². The summed E-state index contributed by atoms with van der Waals surface area (Å²) in [7, 11) is -2.39. The molecule has 0 spiro atoms. The molecule has 122 valence electrons. The number of benzene rings is 2. The van der Waals surface area contributed by atoms with Crippen LogP contribution < -0.4 is 9.05 Å². The Balaban J connectivity index is 2.25. The topological polar surface area (TPSA) is 44.8 Å². The van der Waals surface area contributed by atoms with Gasteiger partial charge >= 0.3 is 7.82 Å². The van der Waals surface area contributed by atoms with Crippen molar-refractivity contribution < 1.29 is 18.1 Å². The number of hydrogen-bond acceptors (Lipinski definition) is 4. The minimum absolute atomic E-state index is 0.538. The van der Waals surface area contributed by atoms with E-state index < -0.39 is 7.82 Å². The maximum Gasteiger partial charge on any atom is 0.587 e. The Morgan fingerprint density at radius 2 is 1.26 bits per heavy atom. The molecule has 3 rings (SSSR count). The van der Waals surface area contributed by atoms with Gasteiger partial charge in [0.25, 0.3) is 0 Å². The molecule has 0 atom stereocenters. The van der Waals surface area contributed by atoms with Crippen LogP contribution in [-0.2, 0) is 15.5 Å². The van der Waals surface area contributed by atoms with E-state index in [1.54, 1.807) is 0 Å². The van der Waals surface area contributed by atoms with E-state index in [0.29, 0.717) is 11.5 Å². The predicted octanol–water partition coefficient (Wildman–Crippen LogP) is 5.04. The third-order valence-electron chi connectivity index (χ3n) is 4.29. The van der Waals surface area contributed by atoms with Crippen molar-refractivity contribution in [1.82, 2.24) is 0 Å². The number of hydrogen-bond donors (Lipinski definition) is 0. The summed E-state index contributed by atoms with van der Waals surface area (Å²) >= 11 is 0. The molecule has 0 unspecified atom stereocenters. The van der Waals surface area contributed by atoms with Crippen molar-refractivity contribution in [2.24, 2.45) is 0 Å². The second-order valence-corrected chi connectivity index (χ2v) is 7.70. The van der Waals surface area contributed by atoms with Gasteiger partial charge in [-0.25, -0.2) is 4.57 Å². The van der Waals surface area contributed by atoms with E-state index in [1.165, 1.54) is 18.2 Å². The molecule has 4 nitrogen and oxygen atoms in total. The van der Waals surface area contributed by atoms with Gasteiger partial charge in [-0.1, -0.05) is 12.1 Å². The highest BCUT2D eigenvalue weighted by Crippen LogP contribution is 2.51. The van der Waals surface area contributed by atoms with Crippen LogP contribution in [0.2, 0.25) is 0 Å². The third-order valence-corrected chi connectivity index (χ3v) is 5.58. The average molecular weight is 332 g/mol. The third kappa shape index (κ3) is 3.01. The van der Waals surface area contributed by atoms with Crippen molar-refractivity contribution in [3.8, 4) is 11.5 Å². The van der Waals surface area contributed by atoms with E-state index in [1.807, 2.05) is 38.1 Å². The molecule has 0 aromatic heterocycles. The van der Waals surface area contributed by atoms with Crippen LogP contribution in [0.15, 0.2) is 24.3 Å². The summed E-state index contributed by atoms with van der Waals surface area (Å²) in [5.74, 6) is 1.08. The Labute approximate surface area is 137 Å². The molecule has 0 amide bonds. The summed E-state index contributed by atoms with van der Waals surface area (Å²) in [4.78, 5) is 0. The first-order valence-corrected chi connectivity index (χ1v) is 9.02. The fraction of sp³-hybridized carbons (Fsp3) is 0.333. The molecule has 4 bridgehead atoms. The smallest absolute Gasteiger partial charge is 0.395 e. The van der Waals surface area contributed by atoms with Gasteiger partial charge in [0, 0.05) is 7.11 Å². The number of rotatable bonds is 1. The lowest BCUT2D eigenvalue weighted by atomic mass is 9.94. The summed E-state index contributed by atoms with van der Waals surface area (Å²) in [5.41, 5.74) is 6.48. The normalized spacial score (nSPS) is 15.5. The second-order valence-electron chi connectivity index (χ2n) is 6.08.